The minimum absolute atomic E-state index is 0.0226. The Morgan fingerprint density at radius 3 is 2.57 bits per heavy atom. The zero-order valence-corrected chi connectivity index (χ0v) is 13.7. The molecule has 0 bridgehead atoms. The Morgan fingerprint density at radius 1 is 1.38 bits per heavy atom. The van der Waals surface area contributed by atoms with Crippen molar-refractivity contribution in [3.8, 4) is 0 Å². The number of carbonyl (C=O) groups excluding carboxylic acids is 1. The van der Waals surface area contributed by atoms with Crippen LogP contribution in [0.25, 0.3) is 0 Å². The van der Waals surface area contributed by atoms with Gasteiger partial charge >= 0.3 is 5.97 Å². The molecule has 7 atom stereocenters. The second-order valence-corrected chi connectivity index (χ2v) is 7.22. The molecule has 0 saturated heterocycles. The van der Waals surface area contributed by atoms with Gasteiger partial charge in [-0.2, -0.15) is 0 Å². The van der Waals surface area contributed by atoms with Crippen molar-refractivity contribution in [1.29, 1.82) is 0 Å². The first-order valence-corrected chi connectivity index (χ1v) is 7.90. The fourth-order valence-electron chi connectivity index (χ4n) is 5.64. The molecule has 0 aromatic rings. The molecule has 3 aliphatic carbocycles. The largest absolute Gasteiger partial charge is 0.462 e. The minimum Gasteiger partial charge on any atom is -0.462 e. The minimum atomic E-state index is -0.170. The zero-order valence-electron chi connectivity index (χ0n) is 13.7. The molecule has 0 aromatic heterocycles. The predicted molar refractivity (Wildman–Crippen MR) is 81.6 cm³/mol. The molecule has 21 heavy (non-hydrogen) atoms. The lowest BCUT2D eigenvalue weighted by molar-refractivity contribution is -0.151. The van der Waals surface area contributed by atoms with Crippen molar-refractivity contribution < 1.29 is 14.3 Å². The second kappa shape index (κ2) is 4.70. The number of hydrogen-bond acceptors (Lipinski definition) is 3. The summed E-state index contributed by atoms with van der Waals surface area (Å²) in [6.07, 6.45) is 3.42. The van der Waals surface area contributed by atoms with Crippen molar-refractivity contribution >= 4 is 5.97 Å². The number of esters is 1. The van der Waals surface area contributed by atoms with E-state index in [9.17, 15) is 4.79 Å². The highest BCUT2D eigenvalue weighted by Crippen LogP contribution is 2.78. The number of ether oxygens (including phenoxy) is 2. The molecule has 2 saturated carbocycles. The SMILES string of the molecule is C=C(C)[C@H]1[C@H]2[C@@H](OC(C)=O)C[C@@H](C)[C@@H]3[C@@H](OC)C=C(C)[C@@]321. The van der Waals surface area contributed by atoms with Crippen molar-refractivity contribution in [3.63, 3.8) is 0 Å². The van der Waals surface area contributed by atoms with E-state index in [1.807, 2.05) is 0 Å². The average molecular weight is 290 g/mol. The highest BCUT2D eigenvalue weighted by atomic mass is 16.5. The molecule has 3 heteroatoms. The zero-order chi connectivity index (χ0) is 15.5. The summed E-state index contributed by atoms with van der Waals surface area (Å²) in [7, 11) is 1.80. The first-order valence-electron chi connectivity index (χ1n) is 7.90. The van der Waals surface area contributed by atoms with Crippen LogP contribution >= 0.6 is 0 Å². The van der Waals surface area contributed by atoms with E-state index in [0.717, 1.165) is 6.42 Å². The summed E-state index contributed by atoms with van der Waals surface area (Å²) in [5, 5.41) is 0. The van der Waals surface area contributed by atoms with Gasteiger partial charge < -0.3 is 9.47 Å². The lowest BCUT2D eigenvalue weighted by Gasteiger charge is -2.39. The quantitative estimate of drug-likeness (QED) is 0.590. The van der Waals surface area contributed by atoms with Gasteiger partial charge in [0.2, 0.25) is 0 Å². The molecule has 3 rings (SSSR count). The molecular weight excluding hydrogens is 264 g/mol. The van der Waals surface area contributed by atoms with Crippen LogP contribution in [0.2, 0.25) is 0 Å². The molecule has 1 spiro atoms. The van der Waals surface area contributed by atoms with Crippen molar-refractivity contribution in [2.45, 2.75) is 46.3 Å². The third-order valence-corrected chi connectivity index (χ3v) is 6.06. The van der Waals surface area contributed by atoms with E-state index in [4.69, 9.17) is 9.47 Å². The summed E-state index contributed by atoms with van der Waals surface area (Å²) in [5.41, 5.74) is 2.73. The summed E-state index contributed by atoms with van der Waals surface area (Å²) in [6.45, 7) is 12.3. The van der Waals surface area contributed by atoms with E-state index in [1.165, 1.54) is 18.1 Å². The maximum atomic E-state index is 11.5. The monoisotopic (exact) mass is 290 g/mol. The maximum Gasteiger partial charge on any atom is 0.302 e. The van der Waals surface area contributed by atoms with Gasteiger partial charge in [-0.3, -0.25) is 4.79 Å². The summed E-state index contributed by atoms with van der Waals surface area (Å²) < 4.78 is 11.4. The molecule has 2 fully saturated rings. The van der Waals surface area contributed by atoms with Crippen molar-refractivity contribution in [2.24, 2.45) is 29.1 Å². The molecule has 0 heterocycles. The van der Waals surface area contributed by atoms with Crippen LogP contribution < -0.4 is 0 Å². The first-order chi connectivity index (χ1) is 9.85. The van der Waals surface area contributed by atoms with Gasteiger partial charge in [-0.1, -0.05) is 30.7 Å². The molecule has 0 aromatic carbocycles. The van der Waals surface area contributed by atoms with Gasteiger partial charge in [0.25, 0.3) is 0 Å². The molecule has 3 nitrogen and oxygen atoms in total. The summed E-state index contributed by atoms with van der Waals surface area (Å²) in [6, 6.07) is 0. The van der Waals surface area contributed by atoms with Gasteiger partial charge in [0, 0.05) is 31.3 Å². The number of hydrogen-bond donors (Lipinski definition) is 0. The average Bonchev–Trinajstić information content (AvgIpc) is 2.99. The van der Waals surface area contributed by atoms with Gasteiger partial charge in [0.1, 0.15) is 6.10 Å². The Hall–Kier alpha value is -1.09. The van der Waals surface area contributed by atoms with Crippen LogP contribution in [0.5, 0.6) is 0 Å². The smallest absolute Gasteiger partial charge is 0.302 e. The van der Waals surface area contributed by atoms with Gasteiger partial charge in [-0.25, -0.2) is 0 Å². The molecule has 0 unspecified atom stereocenters. The molecule has 0 aliphatic heterocycles. The Balaban J connectivity index is 2.01. The Kier molecular flexibility index (Phi) is 3.32. The van der Waals surface area contributed by atoms with Gasteiger partial charge in [0.15, 0.2) is 0 Å². The molecular formula is C18H26O3. The van der Waals surface area contributed by atoms with E-state index >= 15 is 0 Å². The number of carbonyl (C=O) groups is 1. The van der Waals surface area contributed by atoms with E-state index < -0.39 is 0 Å². The predicted octanol–water partition coefficient (Wildman–Crippen LogP) is 3.36. The summed E-state index contributed by atoms with van der Waals surface area (Å²) in [5.74, 6) is 1.61. The number of allylic oxidation sites excluding steroid dienone is 2. The van der Waals surface area contributed by atoms with Crippen molar-refractivity contribution in [3.05, 3.63) is 23.8 Å². The molecule has 0 radical (unpaired) electrons. The van der Waals surface area contributed by atoms with E-state index in [0.29, 0.717) is 23.7 Å². The van der Waals surface area contributed by atoms with Gasteiger partial charge in [0.05, 0.1) is 6.10 Å². The fourth-order valence-corrected chi connectivity index (χ4v) is 5.64. The lowest BCUT2D eigenvalue weighted by atomic mass is 9.69. The van der Waals surface area contributed by atoms with Crippen LogP contribution in [0.3, 0.4) is 0 Å². The second-order valence-electron chi connectivity index (χ2n) is 7.22. The number of methoxy groups -OCH3 is 1. The van der Waals surface area contributed by atoms with Crippen LogP contribution in [0, 0.1) is 29.1 Å². The van der Waals surface area contributed by atoms with E-state index in [1.54, 1.807) is 7.11 Å². The normalized spacial score (nSPS) is 47.2. The summed E-state index contributed by atoms with van der Waals surface area (Å²) in [4.78, 5) is 11.5. The van der Waals surface area contributed by atoms with E-state index in [-0.39, 0.29) is 23.6 Å². The Bertz CT molecular complexity index is 521. The standard InChI is InChI=1S/C18H26O3/c1-9(2)15-17-14(21-12(5)19)7-10(3)16-13(20-6)8-11(4)18(15,16)17/h8,10,13-17H,1,7H2,2-6H3/t10-,13+,14+,15+,16-,17-,18-/m1/s1. The molecule has 0 N–H and O–H groups in total. The molecule has 116 valence electrons. The highest BCUT2D eigenvalue weighted by molar-refractivity contribution is 5.66. The topological polar surface area (TPSA) is 35.5 Å². The maximum absolute atomic E-state index is 11.5. The Morgan fingerprint density at radius 2 is 2.05 bits per heavy atom. The number of rotatable bonds is 3. The van der Waals surface area contributed by atoms with Crippen molar-refractivity contribution in [2.75, 3.05) is 7.11 Å². The van der Waals surface area contributed by atoms with Crippen LogP contribution in [0.1, 0.15) is 34.1 Å². The fraction of sp³-hybridized carbons (Fsp3) is 0.722. The highest BCUT2D eigenvalue weighted by Gasteiger charge is 2.77. The first kappa shape index (κ1) is 14.8. The molecule has 3 aliphatic rings. The van der Waals surface area contributed by atoms with Gasteiger partial charge in [-0.05, 0) is 32.1 Å². The third kappa shape index (κ3) is 1.79. The van der Waals surface area contributed by atoms with Crippen molar-refractivity contribution in [1.82, 2.24) is 0 Å². The summed E-state index contributed by atoms with van der Waals surface area (Å²) >= 11 is 0. The molecule has 0 amide bonds. The third-order valence-electron chi connectivity index (χ3n) is 6.06. The lowest BCUT2D eigenvalue weighted by Crippen LogP contribution is -2.40. The van der Waals surface area contributed by atoms with Crippen LogP contribution in [-0.4, -0.2) is 25.3 Å². The Labute approximate surface area is 127 Å². The van der Waals surface area contributed by atoms with Crippen LogP contribution in [-0.2, 0) is 14.3 Å². The van der Waals surface area contributed by atoms with Crippen LogP contribution in [0.4, 0.5) is 0 Å². The van der Waals surface area contributed by atoms with Gasteiger partial charge in [-0.15, -0.1) is 0 Å². The van der Waals surface area contributed by atoms with E-state index in [2.05, 4.69) is 33.4 Å². The van der Waals surface area contributed by atoms with Crippen LogP contribution in [0.15, 0.2) is 23.8 Å².